The molecule has 4 heteroatoms. The van der Waals surface area contributed by atoms with Crippen LogP contribution in [0.4, 0.5) is 0 Å². The van der Waals surface area contributed by atoms with Gasteiger partial charge in [0.2, 0.25) is 5.91 Å². The van der Waals surface area contributed by atoms with Gasteiger partial charge in [-0.25, -0.2) is 0 Å². The number of nitrogens with one attached hydrogen (secondary N) is 1. The van der Waals surface area contributed by atoms with E-state index in [-0.39, 0.29) is 11.3 Å². The fourth-order valence-corrected chi connectivity index (χ4v) is 1.39. The summed E-state index contributed by atoms with van der Waals surface area (Å²) >= 11 is 0. The minimum atomic E-state index is -0.358. The first-order chi connectivity index (χ1) is 8.93. The highest BCUT2D eigenvalue weighted by Crippen LogP contribution is 2.14. The van der Waals surface area contributed by atoms with Crippen molar-refractivity contribution in [2.45, 2.75) is 27.3 Å². The van der Waals surface area contributed by atoms with Gasteiger partial charge < -0.3 is 14.8 Å². The zero-order chi connectivity index (χ0) is 14.3. The van der Waals surface area contributed by atoms with Crippen molar-refractivity contribution in [3.8, 4) is 5.75 Å². The second-order valence-electron chi connectivity index (χ2n) is 5.42. The third-order valence-electron chi connectivity index (χ3n) is 2.61. The Balaban J connectivity index is 2.42. The standard InChI is InChI=1S/C15H23NO3/c1-15(2,3)14(17)16-11-12-5-7-13(8-6-12)19-10-9-18-4/h5-8H,9-11H2,1-4H3,(H,16,17). The maximum Gasteiger partial charge on any atom is 0.225 e. The van der Waals surface area contributed by atoms with Crippen LogP contribution in [0.2, 0.25) is 0 Å². The summed E-state index contributed by atoms with van der Waals surface area (Å²) in [5.74, 6) is 0.857. The van der Waals surface area contributed by atoms with Gasteiger partial charge in [0.25, 0.3) is 0 Å². The minimum Gasteiger partial charge on any atom is -0.491 e. The summed E-state index contributed by atoms with van der Waals surface area (Å²) < 4.78 is 10.4. The molecule has 1 amide bonds. The number of carbonyl (C=O) groups is 1. The molecule has 0 atom stereocenters. The SMILES string of the molecule is COCCOc1ccc(CNC(=O)C(C)(C)C)cc1. The Bertz CT molecular complexity index is 393. The van der Waals surface area contributed by atoms with Crippen molar-refractivity contribution in [2.24, 2.45) is 5.41 Å². The molecular weight excluding hydrogens is 242 g/mol. The lowest BCUT2D eigenvalue weighted by Gasteiger charge is -2.17. The van der Waals surface area contributed by atoms with Crippen LogP contribution < -0.4 is 10.1 Å². The van der Waals surface area contributed by atoms with Gasteiger partial charge in [-0.15, -0.1) is 0 Å². The van der Waals surface area contributed by atoms with Gasteiger partial charge in [0.15, 0.2) is 0 Å². The maximum absolute atomic E-state index is 11.7. The Labute approximate surface area is 115 Å². The van der Waals surface area contributed by atoms with Crippen molar-refractivity contribution in [2.75, 3.05) is 20.3 Å². The first kappa shape index (κ1) is 15.5. The molecule has 0 aromatic heterocycles. The van der Waals surface area contributed by atoms with E-state index in [4.69, 9.17) is 9.47 Å². The highest BCUT2D eigenvalue weighted by Gasteiger charge is 2.20. The summed E-state index contributed by atoms with van der Waals surface area (Å²) in [6.45, 7) is 7.34. The largest absolute Gasteiger partial charge is 0.491 e. The summed E-state index contributed by atoms with van der Waals surface area (Å²) in [7, 11) is 1.64. The molecule has 0 bridgehead atoms. The van der Waals surface area contributed by atoms with Crippen LogP contribution in [0.15, 0.2) is 24.3 Å². The van der Waals surface area contributed by atoms with Crippen LogP contribution in [0.25, 0.3) is 0 Å². The lowest BCUT2D eigenvalue weighted by Crippen LogP contribution is -2.34. The number of amides is 1. The lowest BCUT2D eigenvalue weighted by molar-refractivity contribution is -0.128. The van der Waals surface area contributed by atoms with Crippen molar-refractivity contribution in [3.05, 3.63) is 29.8 Å². The maximum atomic E-state index is 11.7. The van der Waals surface area contributed by atoms with Crippen LogP contribution in [0.5, 0.6) is 5.75 Å². The number of benzene rings is 1. The molecule has 0 saturated heterocycles. The van der Waals surface area contributed by atoms with Crippen molar-refractivity contribution in [1.29, 1.82) is 0 Å². The quantitative estimate of drug-likeness (QED) is 0.803. The fraction of sp³-hybridized carbons (Fsp3) is 0.533. The van der Waals surface area contributed by atoms with Gasteiger partial charge in [0, 0.05) is 19.1 Å². The topological polar surface area (TPSA) is 47.6 Å². The number of ether oxygens (including phenoxy) is 2. The second kappa shape index (κ2) is 7.14. The van der Waals surface area contributed by atoms with Crippen LogP contribution in [0.3, 0.4) is 0 Å². The molecule has 1 aromatic carbocycles. The predicted molar refractivity (Wildman–Crippen MR) is 75.1 cm³/mol. The monoisotopic (exact) mass is 265 g/mol. The van der Waals surface area contributed by atoms with Gasteiger partial charge in [-0.3, -0.25) is 4.79 Å². The molecule has 0 saturated carbocycles. The third-order valence-corrected chi connectivity index (χ3v) is 2.61. The van der Waals surface area contributed by atoms with Crippen LogP contribution in [-0.2, 0) is 16.1 Å². The van der Waals surface area contributed by atoms with E-state index < -0.39 is 0 Å². The van der Waals surface area contributed by atoms with Gasteiger partial charge in [-0.05, 0) is 17.7 Å². The van der Waals surface area contributed by atoms with Crippen molar-refractivity contribution in [1.82, 2.24) is 5.32 Å². The van der Waals surface area contributed by atoms with Crippen molar-refractivity contribution in [3.63, 3.8) is 0 Å². The fourth-order valence-electron chi connectivity index (χ4n) is 1.39. The van der Waals surface area contributed by atoms with Crippen molar-refractivity contribution >= 4 is 5.91 Å². The molecule has 0 fully saturated rings. The molecule has 0 aliphatic rings. The molecule has 1 aromatic rings. The van der Waals surface area contributed by atoms with Gasteiger partial charge in [-0.2, -0.15) is 0 Å². The van der Waals surface area contributed by atoms with E-state index in [1.54, 1.807) is 7.11 Å². The Kier molecular flexibility index (Phi) is 5.83. The molecule has 0 spiro atoms. The van der Waals surface area contributed by atoms with Gasteiger partial charge in [0.1, 0.15) is 12.4 Å². The van der Waals surface area contributed by atoms with E-state index in [0.717, 1.165) is 11.3 Å². The number of hydrogen-bond acceptors (Lipinski definition) is 3. The Morgan fingerprint density at radius 1 is 1.16 bits per heavy atom. The zero-order valence-corrected chi connectivity index (χ0v) is 12.2. The van der Waals surface area contributed by atoms with Crippen molar-refractivity contribution < 1.29 is 14.3 Å². The van der Waals surface area contributed by atoms with Gasteiger partial charge >= 0.3 is 0 Å². The summed E-state index contributed by atoms with van der Waals surface area (Å²) in [6, 6.07) is 7.69. The van der Waals surface area contributed by atoms with E-state index in [0.29, 0.717) is 19.8 Å². The smallest absolute Gasteiger partial charge is 0.225 e. The third kappa shape index (κ3) is 5.75. The molecule has 0 heterocycles. The Hall–Kier alpha value is -1.55. The number of methoxy groups -OCH3 is 1. The molecule has 1 rings (SSSR count). The van der Waals surface area contributed by atoms with Gasteiger partial charge in [0.05, 0.1) is 6.61 Å². The number of rotatable bonds is 6. The summed E-state index contributed by atoms with van der Waals surface area (Å²) in [5.41, 5.74) is 0.695. The van der Waals surface area contributed by atoms with E-state index in [1.165, 1.54) is 0 Å². The van der Waals surface area contributed by atoms with Gasteiger partial charge in [-0.1, -0.05) is 32.9 Å². The average molecular weight is 265 g/mol. The lowest BCUT2D eigenvalue weighted by atomic mass is 9.95. The van der Waals surface area contributed by atoms with Crippen LogP contribution in [-0.4, -0.2) is 26.2 Å². The number of carbonyl (C=O) groups excluding carboxylic acids is 1. The summed E-state index contributed by atoms with van der Waals surface area (Å²) in [4.78, 5) is 11.7. The summed E-state index contributed by atoms with van der Waals surface area (Å²) in [5, 5.41) is 2.91. The van der Waals surface area contributed by atoms with E-state index in [1.807, 2.05) is 45.0 Å². The Morgan fingerprint density at radius 2 is 1.79 bits per heavy atom. The summed E-state index contributed by atoms with van der Waals surface area (Å²) in [6.07, 6.45) is 0. The molecule has 4 nitrogen and oxygen atoms in total. The minimum absolute atomic E-state index is 0.0490. The molecular formula is C15H23NO3. The molecule has 0 aliphatic heterocycles. The predicted octanol–water partition coefficient (Wildman–Crippen LogP) is 2.37. The molecule has 0 aliphatic carbocycles. The molecule has 0 radical (unpaired) electrons. The first-order valence-corrected chi connectivity index (χ1v) is 6.42. The average Bonchev–Trinajstić information content (AvgIpc) is 2.36. The van der Waals surface area contributed by atoms with E-state index in [2.05, 4.69) is 5.32 Å². The molecule has 106 valence electrons. The second-order valence-corrected chi connectivity index (χ2v) is 5.42. The molecule has 0 unspecified atom stereocenters. The van der Waals surface area contributed by atoms with Crippen LogP contribution in [0, 0.1) is 5.41 Å². The number of hydrogen-bond donors (Lipinski definition) is 1. The molecule has 19 heavy (non-hydrogen) atoms. The van der Waals surface area contributed by atoms with E-state index in [9.17, 15) is 4.79 Å². The highest BCUT2D eigenvalue weighted by molar-refractivity contribution is 5.81. The van der Waals surface area contributed by atoms with E-state index >= 15 is 0 Å². The van der Waals surface area contributed by atoms with Crippen LogP contribution >= 0.6 is 0 Å². The van der Waals surface area contributed by atoms with Crippen LogP contribution in [0.1, 0.15) is 26.3 Å². The molecule has 1 N–H and O–H groups in total. The first-order valence-electron chi connectivity index (χ1n) is 6.42. The normalized spacial score (nSPS) is 11.2. The highest BCUT2D eigenvalue weighted by atomic mass is 16.5. The Morgan fingerprint density at radius 3 is 2.32 bits per heavy atom. The zero-order valence-electron chi connectivity index (χ0n) is 12.2.